The van der Waals surface area contributed by atoms with E-state index in [1.165, 1.54) is 23.3 Å². The fourth-order valence-electron chi connectivity index (χ4n) is 3.14. The van der Waals surface area contributed by atoms with Crippen LogP contribution >= 0.6 is 11.3 Å². The third-order valence-electron chi connectivity index (χ3n) is 4.42. The molecule has 1 aromatic heterocycles. The van der Waals surface area contributed by atoms with Gasteiger partial charge in [0.25, 0.3) is 0 Å². The normalized spacial score (nSPS) is 18.8. The summed E-state index contributed by atoms with van der Waals surface area (Å²) in [5.41, 5.74) is 1.32. The molecule has 118 valence electrons. The van der Waals surface area contributed by atoms with Crippen LogP contribution < -0.4 is 5.32 Å². The maximum Gasteiger partial charge on any atom is 0.0518 e. The Bertz CT molecular complexity index is 548. The van der Waals surface area contributed by atoms with Crippen molar-refractivity contribution < 1.29 is 5.11 Å². The summed E-state index contributed by atoms with van der Waals surface area (Å²) in [5.74, 6) is 1.16. The van der Waals surface area contributed by atoms with Gasteiger partial charge in [-0.15, -0.1) is 11.3 Å². The minimum absolute atomic E-state index is 0.270. The van der Waals surface area contributed by atoms with Gasteiger partial charge >= 0.3 is 0 Å². The first-order valence-electron chi connectivity index (χ1n) is 8.24. The Balaban J connectivity index is 1.67. The summed E-state index contributed by atoms with van der Waals surface area (Å²) >= 11 is 1.85. The number of nitrogens with one attached hydrogen (secondary N) is 1. The summed E-state index contributed by atoms with van der Waals surface area (Å²) in [6.07, 6.45) is 3.20. The first kappa shape index (κ1) is 15.7. The second-order valence-corrected chi connectivity index (χ2v) is 7.41. The molecule has 0 bridgehead atoms. The van der Waals surface area contributed by atoms with Crippen molar-refractivity contribution in [3.63, 3.8) is 0 Å². The van der Waals surface area contributed by atoms with Crippen molar-refractivity contribution in [1.82, 2.24) is 5.32 Å². The van der Waals surface area contributed by atoms with Crippen molar-refractivity contribution in [2.24, 2.45) is 5.92 Å². The lowest BCUT2D eigenvalue weighted by atomic mass is 9.93. The molecule has 0 aliphatic heterocycles. The van der Waals surface area contributed by atoms with Gasteiger partial charge in [-0.3, -0.25) is 0 Å². The number of rotatable bonds is 8. The zero-order chi connectivity index (χ0) is 15.4. The maximum atomic E-state index is 9.83. The predicted octanol–water partition coefficient (Wildman–Crippen LogP) is 4.34. The molecule has 1 fully saturated rings. The minimum Gasteiger partial charge on any atom is -0.393 e. The van der Waals surface area contributed by atoms with Crippen molar-refractivity contribution in [3.8, 4) is 0 Å². The van der Waals surface area contributed by atoms with Crippen molar-refractivity contribution in [2.75, 3.05) is 6.54 Å². The minimum atomic E-state index is -0.270. The average molecular weight is 315 g/mol. The smallest absolute Gasteiger partial charge is 0.0518 e. The number of thiophene rings is 1. The van der Waals surface area contributed by atoms with Crippen molar-refractivity contribution in [3.05, 3.63) is 58.3 Å². The third kappa shape index (κ3) is 4.19. The molecule has 1 aromatic carbocycles. The molecule has 0 radical (unpaired) electrons. The molecule has 1 saturated carbocycles. The maximum absolute atomic E-state index is 9.83. The quantitative estimate of drug-likeness (QED) is 0.759. The van der Waals surface area contributed by atoms with E-state index in [0.29, 0.717) is 12.0 Å². The molecular formula is C19H25NOS. The SMILES string of the molecule is CC(O)CC(CNC(c1cccs1)C1CC1)c1ccccc1. The van der Waals surface area contributed by atoms with Crippen LogP contribution in [0.15, 0.2) is 47.8 Å². The molecule has 22 heavy (non-hydrogen) atoms. The highest BCUT2D eigenvalue weighted by atomic mass is 32.1. The summed E-state index contributed by atoms with van der Waals surface area (Å²) < 4.78 is 0. The molecule has 1 heterocycles. The molecule has 3 unspecified atom stereocenters. The van der Waals surface area contributed by atoms with E-state index in [0.717, 1.165) is 18.9 Å². The van der Waals surface area contributed by atoms with Crippen LogP contribution in [0.2, 0.25) is 0 Å². The van der Waals surface area contributed by atoms with Crippen LogP contribution in [0.5, 0.6) is 0 Å². The highest BCUT2D eigenvalue weighted by Crippen LogP contribution is 2.42. The van der Waals surface area contributed by atoms with Crippen molar-refractivity contribution in [1.29, 1.82) is 0 Å². The molecule has 0 amide bonds. The molecule has 3 atom stereocenters. The Morgan fingerprint density at radius 2 is 1.95 bits per heavy atom. The molecule has 0 saturated heterocycles. The van der Waals surface area contributed by atoms with Crippen molar-refractivity contribution in [2.45, 2.75) is 44.2 Å². The number of hydrogen-bond acceptors (Lipinski definition) is 3. The Morgan fingerprint density at radius 1 is 1.18 bits per heavy atom. The predicted molar refractivity (Wildman–Crippen MR) is 93.3 cm³/mol. The van der Waals surface area contributed by atoms with E-state index in [1.54, 1.807) is 0 Å². The average Bonchev–Trinajstić information content (AvgIpc) is 3.21. The van der Waals surface area contributed by atoms with Crippen LogP contribution in [0.4, 0.5) is 0 Å². The van der Waals surface area contributed by atoms with Gasteiger partial charge in [0, 0.05) is 17.5 Å². The summed E-state index contributed by atoms with van der Waals surface area (Å²) in [7, 11) is 0. The molecule has 2 nitrogen and oxygen atoms in total. The van der Waals surface area contributed by atoms with Crippen molar-refractivity contribution >= 4 is 11.3 Å². The first-order chi connectivity index (χ1) is 10.7. The van der Waals surface area contributed by atoms with Crippen LogP contribution in [0.25, 0.3) is 0 Å². The molecule has 2 aromatic rings. The molecule has 0 spiro atoms. The molecule has 1 aliphatic carbocycles. The zero-order valence-corrected chi connectivity index (χ0v) is 13.9. The lowest BCUT2D eigenvalue weighted by molar-refractivity contribution is 0.172. The molecule has 1 aliphatic rings. The second-order valence-electron chi connectivity index (χ2n) is 6.43. The van der Waals surface area contributed by atoms with E-state index in [1.807, 2.05) is 18.3 Å². The van der Waals surface area contributed by atoms with Gasteiger partial charge in [-0.2, -0.15) is 0 Å². The Labute approximate surface area is 137 Å². The van der Waals surface area contributed by atoms with Crippen LogP contribution in [0.1, 0.15) is 48.6 Å². The van der Waals surface area contributed by atoms with Gasteiger partial charge in [0.15, 0.2) is 0 Å². The molecular weight excluding hydrogens is 290 g/mol. The Morgan fingerprint density at radius 3 is 2.55 bits per heavy atom. The van der Waals surface area contributed by atoms with E-state index in [9.17, 15) is 5.11 Å². The summed E-state index contributed by atoms with van der Waals surface area (Å²) in [6.45, 7) is 2.81. The molecule has 2 N–H and O–H groups in total. The van der Waals surface area contributed by atoms with E-state index < -0.39 is 0 Å². The number of aliphatic hydroxyl groups is 1. The van der Waals surface area contributed by atoms with Gasteiger partial charge in [0.1, 0.15) is 0 Å². The number of aliphatic hydroxyl groups excluding tert-OH is 1. The van der Waals surface area contributed by atoms with Crippen LogP contribution in [-0.2, 0) is 0 Å². The Kier molecular flexibility index (Phi) is 5.29. The van der Waals surface area contributed by atoms with Gasteiger partial charge in [-0.05, 0) is 55.0 Å². The van der Waals surface area contributed by atoms with Gasteiger partial charge in [-0.25, -0.2) is 0 Å². The van der Waals surface area contributed by atoms with Crippen LogP contribution in [0.3, 0.4) is 0 Å². The number of hydrogen-bond donors (Lipinski definition) is 2. The monoisotopic (exact) mass is 315 g/mol. The lowest BCUT2D eigenvalue weighted by Crippen LogP contribution is -2.28. The van der Waals surface area contributed by atoms with Crippen LogP contribution in [-0.4, -0.2) is 17.8 Å². The topological polar surface area (TPSA) is 32.3 Å². The van der Waals surface area contributed by atoms with E-state index in [2.05, 4.69) is 53.2 Å². The van der Waals surface area contributed by atoms with E-state index >= 15 is 0 Å². The molecule has 3 rings (SSSR count). The Hall–Kier alpha value is -1.16. The lowest BCUT2D eigenvalue weighted by Gasteiger charge is -2.24. The summed E-state index contributed by atoms with van der Waals surface area (Å²) in [4.78, 5) is 1.45. The molecule has 3 heteroatoms. The third-order valence-corrected chi connectivity index (χ3v) is 5.38. The van der Waals surface area contributed by atoms with Crippen LogP contribution in [0, 0.1) is 5.92 Å². The van der Waals surface area contributed by atoms with E-state index in [4.69, 9.17) is 0 Å². The summed E-state index contributed by atoms with van der Waals surface area (Å²) in [6, 6.07) is 15.4. The van der Waals surface area contributed by atoms with Gasteiger partial charge in [0.2, 0.25) is 0 Å². The second kappa shape index (κ2) is 7.40. The highest BCUT2D eigenvalue weighted by molar-refractivity contribution is 7.10. The number of benzene rings is 1. The van der Waals surface area contributed by atoms with Gasteiger partial charge in [0.05, 0.1) is 6.10 Å². The zero-order valence-electron chi connectivity index (χ0n) is 13.1. The fraction of sp³-hybridized carbons (Fsp3) is 0.474. The fourth-order valence-corrected chi connectivity index (χ4v) is 4.03. The summed E-state index contributed by atoms with van der Waals surface area (Å²) in [5, 5.41) is 15.8. The first-order valence-corrected chi connectivity index (χ1v) is 9.12. The highest BCUT2D eigenvalue weighted by Gasteiger charge is 2.33. The van der Waals surface area contributed by atoms with Gasteiger partial charge < -0.3 is 10.4 Å². The van der Waals surface area contributed by atoms with E-state index in [-0.39, 0.29) is 6.10 Å². The largest absolute Gasteiger partial charge is 0.393 e. The standard InChI is InChI=1S/C19H25NOS/c1-14(21)12-17(15-6-3-2-4-7-15)13-20-19(16-9-10-16)18-8-5-11-22-18/h2-8,11,14,16-17,19-21H,9-10,12-13H2,1H3. The van der Waals surface area contributed by atoms with Gasteiger partial charge in [-0.1, -0.05) is 36.4 Å².